The lowest BCUT2D eigenvalue weighted by molar-refractivity contribution is 0.593. The Kier molecular flexibility index (Phi) is 4.43. The molecule has 0 radical (unpaired) electrons. The summed E-state index contributed by atoms with van der Waals surface area (Å²) in [4.78, 5) is 0. The Labute approximate surface area is 126 Å². The minimum absolute atomic E-state index is 0.357. The fraction of sp³-hybridized carbons (Fsp3) is 0.0769. The van der Waals surface area contributed by atoms with Crippen LogP contribution in [0.5, 0.6) is 0 Å². The quantitative estimate of drug-likeness (QED) is 0.759. The van der Waals surface area contributed by atoms with Crippen LogP contribution >= 0.6 is 43.5 Å². The van der Waals surface area contributed by atoms with Crippen molar-refractivity contribution in [3.05, 3.63) is 67.3 Å². The highest BCUT2D eigenvalue weighted by Gasteiger charge is 2.17. The van der Waals surface area contributed by atoms with E-state index in [1.54, 1.807) is 30.3 Å². The standard InChI is InChI=1S/C13H9Br2ClFN/c14-7-4-5-8(11(16)6-7)13(18)9-2-1-3-10(15)12(9)17/h1-6,13H,18H2. The summed E-state index contributed by atoms with van der Waals surface area (Å²) >= 11 is 12.6. The van der Waals surface area contributed by atoms with Gasteiger partial charge in [-0.05, 0) is 39.7 Å². The minimum atomic E-state index is -0.594. The van der Waals surface area contributed by atoms with E-state index in [9.17, 15) is 4.39 Å². The lowest BCUT2D eigenvalue weighted by atomic mass is 9.99. The van der Waals surface area contributed by atoms with E-state index in [0.717, 1.165) is 4.47 Å². The molecule has 2 rings (SSSR count). The van der Waals surface area contributed by atoms with Crippen LogP contribution in [0.3, 0.4) is 0 Å². The Bertz CT molecular complexity index is 589. The number of rotatable bonds is 2. The molecule has 2 N–H and O–H groups in total. The first-order valence-electron chi connectivity index (χ1n) is 5.15. The normalized spacial score (nSPS) is 12.5. The van der Waals surface area contributed by atoms with Crippen molar-refractivity contribution in [2.45, 2.75) is 6.04 Å². The molecular weight excluding hydrogens is 384 g/mol. The van der Waals surface area contributed by atoms with Crippen molar-refractivity contribution in [3.63, 3.8) is 0 Å². The predicted octanol–water partition coefficient (Wildman–Crippen LogP) is 5.05. The molecule has 0 saturated heterocycles. The molecule has 2 aromatic rings. The molecule has 1 unspecified atom stereocenters. The third-order valence-corrected chi connectivity index (χ3v) is 4.05. The third kappa shape index (κ3) is 2.77. The van der Waals surface area contributed by atoms with Crippen LogP contribution < -0.4 is 5.73 Å². The van der Waals surface area contributed by atoms with Gasteiger partial charge in [-0.1, -0.05) is 45.7 Å². The third-order valence-electron chi connectivity index (χ3n) is 2.61. The first kappa shape index (κ1) is 14.0. The fourth-order valence-electron chi connectivity index (χ4n) is 1.68. The molecule has 0 aliphatic rings. The largest absolute Gasteiger partial charge is 0.320 e. The van der Waals surface area contributed by atoms with E-state index in [4.69, 9.17) is 17.3 Å². The molecule has 0 aliphatic heterocycles. The predicted molar refractivity (Wildman–Crippen MR) is 79.3 cm³/mol. The van der Waals surface area contributed by atoms with Crippen LogP contribution in [-0.2, 0) is 0 Å². The molecular formula is C13H9Br2ClFN. The van der Waals surface area contributed by atoms with E-state index < -0.39 is 6.04 Å². The summed E-state index contributed by atoms with van der Waals surface area (Å²) in [5, 5.41) is 0.510. The molecule has 18 heavy (non-hydrogen) atoms. The van der Waals surface area contributed by atoms with E-state index in [2.05, 4.69) is 31.9 Å². The van der Waals surface area contributed by atoms with E-state index in [1.807, 2.05) is 6.07 Å². The van der Waals surface area contributed by atoms with Crippen LogP contribution in [0, 0.1) is 5.82 Å². The summed E-state index contributed by atoms with van der Waals surface area (Å²) in [6.07, 6.45) is 0. The van der Waals surface area contributed by atoms with Crippen molar-refractivity contribution in [1.82, 2.24) is 0 Å². The van der Waals surface area contributed by atoms with Crippen LogP contribution in [0.15, 0.2) is 45.3 Å². The van der Waals surface area contributed by atoms with Gasteiger partial charge in [-0.15, -0.1) is 0 Å². The van der Waals surface area contributed by atoms with E-state index >= 15 is 0 Å². The zero-order valence-corrected chi connectivity index (χ0v) is 13.1. The fourth-order valence-corrected chi connectivity index (χ4v) is 2.85. The maximum Gasteiger partial charge on any atom is 0.142 e. The molecule has 5 heteroatoms. The Morgan fingerprint density at radius 2 is 1.83 bits per heavy atom. The van der Waals surface area contributed by atoms with Gasteiger partial charge in [-0.25, -0.2) is 4.39 Å². The molecule has 0 heterocycles. The van der Waals surface area contributed by atoms with Crippen LogP contribution in [0.2, 0.25) is 5.02 Å². The Morgan fingerprint density at radius 1 is 1.11 bits per heavy atom. The number of nitrogens with two attached hydrogens (primary N) is 1. The Morgan fingerprint density at radius 3 is 2.50 bits per heavy atom. The maximum absolute atomic E-state index is 14.0. The molecule has 0 spiro atoms. The highest BCUT2D eigenvalue weighted by atomic mass is 79.9. The molecule has 0 saturated carbocycles. The molecule has 2 aromatic carbocycles. The zero-order valence-electron chi connectivity index (χ0n) is 9.13. The van der Waals surface area contributed by atoms with E-state index in [0.29, 0.717) is 20.6 Å². The van der Waals surface area contributed by atoms with Gasteiger partial charge in [-0.2, -0.15) is 0 Å². The second kappa shape index (κ2) is 5.70. The molecule has 0 bridgehead atoms. The second-order valence-corrected chi connectivity index (χ2v) is 5.96. The first-order valence-corrected chi connectivity index (χ1v) is 7.11. The monoisotopic (exact) mass is 391 g/mol. The highest BCUT2D eigenvalue weighted by Crippen LogP contribution is 2.31. The molecule has 0 amide bonds. The molecule has 0 aliphatic carbocycles. The smallest absolute Gasteiger partial charge is 0.142 e. The average molecular weight is 393 g/mol. The van der Waals surface area contributed by atoms with Gasteiger partial charge in [0.2, 0.25) is 0 Å². The van der Waals surface area contributed by atoms with Gasteiger partial charge in [0.15, 0.2) is 0 Å². The van der Waals surface area contributed by atoms with Crippen molar-refractivity contribution >= 4 is 43.5 Å². The zero-order chi connectivity index (χ0) is 13.3. The Hall–Kier alpha value is -0.420. The van der Waals surface area contributed by atoms with Gasteiger partial charge in [0.1, 0.15) is 5.82 Å². The number of hydrogen-bond donors (Lipinski definition) is 1. The van der Waals surface area contributed by atoms with Gasteiger partial charge >= 0.3 is 0 Å². The van der Waals surface area contributed by atoms with Crippen molar-refractivity contribution in [2.75, 3.05) is 0 Å². The number of hydrogen-bond acceptors (Lipinski definition) is 1. The lowest BCUT2D eigenvalue weighted by Gasteiger charge is -2.15. The number of benzene rings is 2. The Balaban J connectivity index is 2.48. The summed E-state index contributed by atoms with van der Waals surface area (Å²) in [6.45, 7) is 0. The molecule has 0 aromatic heterocycles. The summed E-state index contributed by atoms with van der Waals surface area (Å²) in [5.41, 5.74) is 7.18. The van der Waals surface area contributed by atoms with Crippen molar-refractivity contribution in [2.24, 2.45) is 5.73 Å². The molecule has 0 fully saturated rings. The van der Waals surface area contributed by atoms with Gasteiger partial charge in [0, 0.05) is 15.1 Å². The first-order chi connectivity index (χ1) is 8.50. The summed E-state index contributed by atoms with van der Waals surface area (Å²) in [7, 11) is 0. The van der Waals surface area contributed by atoms with Gasteiger partial charge in [-0.3, -0.25) is 0 Å². The summed E-state index contributed by atoms with van der Waals surface area (Å²) in [5.74, 6) is -0.357. The summed E-state index contributed by atoms with van der Waals surface area (Å²) < 4.78 is 15.2. The van der Waals surface area contributed by atoms with Crippen LogP contribution in [0.25, 0.3) is 0 Å². The van der Waals surface area contributed by atoms with Gasteiger partial charge < -0.3 is 5.73 Å². The molecule has 94 valence electrons. The molecule has 1 nitrogen and oxygen atoms in total. The minimum Gasteiger partial charge on any atom is -0.320 e. The average Bonchev–Trinajstić information content (AvgIpc) is 2.32. The summed E-state index contributed by atoms with van der Waals surface area (Å²) in [6, 6.07) is 9.80. The van der Waals surface area contributed by atoms with Gasteiger partial charge in [0.05, 0.1) is 10.5 Å². The topological polar surface area (TPSA) is 26.0 Å². The lowest BCUT2D eigenvalue weighted by Crippen LogP contribution is -2.14. The second-order valence-electron chi connectivity index (χ2n) is 3.79. The highest BCUT2D eigenvalue weighted by molar-refractivity contribution is 9.10. The maximum atomic E-state index is 14.0. The number of halogens is 4. The van der Waals surface area contributed by atoms with Crippen molar-refractivity contribution in [1.29, 1.82) is 0 Å². The van der Waals surface area contributed by atoms with Crippen molar-refractivity contribution in [3.8, 4) is 0 Å². The van der Waals surface area contributed by atoms with E-state index in [1.165, 1.54) is 0 Å². The van der Waals surface area contributed by atoms with Gasteiger partial charge in [0.25, 0.3) is 0 Å². The van der Waals surface area contributed by atoms with Crippen LogP contribution in [0.4, 0.5) is 4.39 Å². The van der Waals surface area contributed by atoms with Crippen molar-refractivity contribution < 1.29 is 4.39 Å². The molecule has 1 atom stereocenters. The van der Waals surface area contributed by atoms with Crippen LogP contribution in [-0.4, -0.2) is 0 Å². The SMILES string of the molecule is NC(c1ccc(Br)cc1Cl)c1cccc(Br)c1F. The van der Waals surface area contributed by atoms with E-state index in [-0.39, 0.29) is 5.82 Å². The van der Waals surface area contributed by atoms with Crippen LogP contribution in [0.1, 0.15) is 17.2 Å².